The zero-order chi connectivity index (χ0) is 22.5. The van der Waals surface area contributed by atoms with Gasteiger partial charge in [-0.1, -0.05) is 49.7 Å². The molecule has 0 aromatic heterocycles. The van der Waals surface area contributed by atoms with Gasteiger partial charge in [-0.3, -0.25) is 9.59 Å². The molecule has 0 saturated carbocycles. The van der Waals surface area contributed by atoms with E-state index in [1.54, 1.807) is 42.5 Å². The minimum atomic E-state index is -0.722. The molecule has 0 spiro atoms. The van der Waals surface area contributed by atoms with E-state index in [2.05, 4.69) is 18.7 Å². The van der Waals surface area contributed by atoms with Crippen molar-refractivity contribution in [2.45, 2.75) is 19.9 Å². The summed E-state index contributed by atoms with van der Waals surface area (Å²) in [7, 11) is 1.53. The Labute approximate surface area is 187 Å². The maximum atomic E-state index is 13.1. The summed E-state index contributed by atoms with van der Waals surface area (Å²) in [6.07, 6.45) is 0. The van der Waals surface area contributed by atoms with E-state index in [1.807, 2.05) is 6.07 Å². The van der Waals surface area contributed by atoms with E-state index >= 15 is 0 Å². The predicted molar refractivity (Wildman–Crippen MR) is 121 cm³/mol. The van der Waals surface area contributed by atoms with Crippen LogP contribution < -0.4 is 4.74 Å². The van der Waals surface area contributed by atoms with Crippen LogP contribution in [0.1, 0.15) is 31.0 Å². The molecule has 7 heteroatoms. The van der Waals surface area contributed by atoms with Crippen LogP contribution in [0.2, 0.25) is 5.02 Å². The Morgan fingerprint density at radius 1 is 1.13 bits per heavy atom. The number of rotatable bonds is 8. The number of amides is 1. The van der Waals surface area contributed by atoms with Crippen molar-refractivity contribution in [3.8, 4) is 5.75 Å². The highest BCUT2D eigenvalue weighted by atomic mass is 35.5. The monoisotopic (exact) mass is 442 g/mol. The molecule has 6 nitrogen and oxygen atoms in total. The lowest BCUT2D eigenvalue weighted by Gasteiger charge is -2.28. The number of Topliss-reactive ketones (excluding diaryl/α,β-unsaturated/α-hetero) is 1. The van der Waals surface area contributed by atoms with E-state index in [-0.39, 0.29) is 11.3 Å². The molecule has 2 aromatic carbocycles. The van der Waals surface area contributed by atoms with Crippen LogP contribution in [-0.4, -0.2) is 59.9 Å². The minimum absolute atomic E-state index is 0.0556. The Hall–Kier alpha value is -2.83. The van der Waals surface area contributed by atoms with Crippen molar-refractivity contribution in [1.82, 2.24) is 9.80 Å². The lowest BCUT2D eigenvalue weighted by molar-refractivity contribution is -0.140. The zero-order valence-electron chi connectivity index (χ0n) is 18.0. The van der Waals surface area contributed by atoms with Gasteiger partial charge in [0.2, 0.25) is 0 Å². The van der Waals surface area contributed by atoms with E-state index in [9.17, 15) is 14.7 Å². The van der Waals surface area contributed by atoms with Crippen molar-refractivity contribution in [3.05, 3.63) is 70.3 Å². The van der Waals surface area contributed by atoms with Gasteiger partial charge in [0.25, 0.3) is 11.7 Å². The van der Waals surface area contributed by atoms with Crippen LogP contribution in [0, 0.1) is 0 Å². The molecule has 1 unspecified atom stereocenters. The molecular formula is C24H27ClN2O4. The van der Waals surface area contributed by atoms with Crippen LogP contribution in [0.3, 0.4) is 0 Å². The molecule has 164 valence electrons. The number of halogens is 1. The van der Waals surface area contributed by atoms with Crippen LogP contribution >= 0.6 is 11.6 Å². The summed E-state index contributed by atoms with van der Waals surface area (Å²) in [5.74, 6) is -1.02. The van der Waals surface area contributed by atoms with Crippen molar-refractivity contribution in [3.63, 3.8) is 0 Å². The van der Waals surface area contributed by atoms with Gasteiger partial charge in [0.05, 0.1) is 18.7 Å². The lowest BCUT2D eigenvalue weighted by Crippen LogP contribution is -2.38. The number of ketones is 1. The molecule has 1 atom stereocenters. The maximum absolute atomic E-state index is 13.1. The molecule has 0 bridgehead atoms. The highest BCUT2D eigenvalue weighted by Gasteiger charge is 2.46. The number of methoxy groups -OCH3 is 1. The molecule has 0 radical (unpaired) electrons. The third kappa shape index (κ3) is 4.75. The van der Waals surface area contributed by atoms with Crippen molar-refractivity contribution >= 4 is 29.1 Å². The average molecular weight is 443 g/mol. The molecule has 1 saturated heterocycles. The molecule has 31 heavy (non-hydrogen) atoms. The fraction of sp³-hybridized carbons (Fsp3) is 0.333. The number of aliphatic hydroxyl groups is 1. The SMILES string of the molecule is CCN(CC)CCN1C(=O)C(=O)C(=C(O)c2cccc(OC)c2)C1c1cccc(Cl)c1. The zero-order valence-corrected chi connectivity index (χ0v) is 18.7. The Kier molecular flexibility index (Phi) is 7.36. The maximum Gasteiger partial charge on any atom is 0.295 e. The van der Waals surface area contributed by atoms with Crippen LogP contribution in [0.25, 0.3) is 5.76 Å². The molecule has 1 N–H and O–H groups in total. The van der Waals surface area contributed by atoms with Gasteiger partial charge in [0.1, 0.15) is 11.5 Å². The summed E-state index contributed by atoms with van der Waals surface area (Å²) >= 11 is 6.21. The quantitative estimate of drug-likeness (QED) is 0.378. The third-order valence-electron chi connectivity index (χ3n) is 5.60. The number of likely N-dealkylation sites (tertiary alicyclic amines) is 1. The summed E-state index contributed by atoms with van der Waals surface area (Å²) in [5, 5.41) is 11.6. The van der Waals surface area contributed by atoms with Crippen molar-refractivity contribution in [2.75, 3.05) is 33.3 Å². The molecule has 1 aliphatic rings. The van der Waals surface area contributed by atoms with Gasteiger partial charge in [-0.2, -0.15) is 0 Å². The van der Waals surface area contributed by atoms with Crippen LogP contribution in [0.4, 0.5) is 0 Å². The molecule has 0 aliphatic carbocycles. The molecular weight excluding hydrogens is 416 g/mol. The second-order valence-electron chi connectivity index (χ2n) is 7.31. The predicted octanol–water partition coefficient (Wildman–Crippen LogP) is 4.11. The number of nitrogens with zero attached hydrogens (tertiary/aromatic N) is 2. The van der Waals surface area contributed by atoms with E-state index < -0.39 is 17.7 Å². The largest absolute Gasteiger partial charge is 0.507 e. The summed E-state index contributed by atoms with van der Waals surface area (Å²) in [4.78, 5) is 29.7. The fourth-order valence-corrected chi connectivity index (χ4v) is 4.05. The van der Waals surface area contributed by atoms with Crippen molar-refractivity contribution < 1.29 is 19.4 Å². The standard InChI is InChI=1S/C24H27ClN2O4/c1-4-26(5-2)12-13-27-21(16-8-6-10-18(25)14-16)20(23(29)24(27)30)22(28)17-9-7-11-19(15-17)31-3/h6-11,14-15,21,28H,4-5,12-13H2,1-3H3. The fourth-order valence-electron chi connectivity index (χ4n) is 3.85. The first-order chi connectivity index (χ1) is 14.9. The molecule has 2 aromatic rings. The summed E-state index contributed by atoms with van der Waals surface area (Å²) < 4.78 is 5.23. The van der Waals surface area contributed by atoms with Crippen molar-refractivity contribution in [2.24, 2.45) is 0 Å². The Morgan fingerprint density at radius 3 is 2.48 bits per heavy atom. The van der Waals surface area contributed by atoms with Gasteiger partial charge in [0.15, 0.2) is 0 Å². The first-order valence-corrected chi connectivity index (χ1v) is 10.7. The number of carbonyl (C=O) groups is 2. The number of ether oxygens (including phenoxy) is 1. The number of carbonyl (C=O) groups excluding carboxylic acids is 2. The van der Waals surface area contributed by atoms with Crippen LogP contribution in [-0.2, 0) is 9.59 Å². The van der Waals surface area contributed by atoms with Crippen molar-refractivity contribution in [1.29, 1.82) is 0 Å². The van der Waals surface area contributed by atoms with Crippen LogP contribution in [0.5, 0.6) is 5.75 Å². The first-order valence-electron chi connectivity index (χ1n) is 10.3. The Morgan fingerprint density at radius 2 is 1.84 bits per heavy atom. The number of hydrogen-bond donors (Lipinski definition) is 1. The van der Waals surface area contributed by atoms with E-state index in [0.29, 0.717) is 35.0 Å². The number of likely N-dealkylation sites (N-methyl/N-ethyl adjacent to an activating group) is 1. The Bertz CT molecular complexity index is 1000. The van der Waals surface area contributed by atoms with Gasteiger partial charge in [-0.05, 0) is 42.9 Å². The highest BCUT2D eigenvalue weighted by molar-refractivity contribution is 6.46. The second-order valence-corrected chi connectivity index (χ2v) is 7.74. The summed E-state index contributed by atoms with van der Waals surface area (Å²) in [6.45, 7) is 6.76. The third-order valence-corrected chi connectivity index (χ3v) is 5.83. The average Bonchev–Trinajstić information content (AvgIpc) is 3.04. The van der Waals surface area contributed by atoms with Gasteiger partial charge in [-0.15, -0.1) is 0 Å². The Balaban J connectivity index is 2.11. The molecule has 1 fully saturated rings. The topological polar surface area (TPSA) is 70.1 Å². The molecule has 1 amide bonds. The van der Waals surface area contributed by atoms with Crippen LogP contribution in [0.15, 0.2) is 54.1 Å². The minimum Gasteiger partial charge on any atom is -0.507 e. The smallest absolute Gasteiger partial charge is 0.295 e. The first kappa shape index (κ1) is 22.8. The van der Waals surface area contributed by atoms with Gasteiger partial charge >= 0.3 is 0 Å². The molecule has 1 heterocycles. The second kappa shape index (κ2) is 9.98. The van der Waals surface area contributed by atoms with Gasteiger partial charge < -0.3 is 19.6 Å². The number of hydrogen-bond acceptors (Lipinski definition) is 5. The summed E-state index contributed by atoms with van der Waals surface area (Å²) in [5.41, 5.74) is 1.14. The van der Waals surface area contributed by atoms with E-state index in [1.165, 1.54) is 12.0 Å². The highest BCUT2D eigenvalue weighted by Crippen LogP contribution is 2.40. The number of benzene rings is 2. The lowest BCUT2D eigenvalue weighted by atomic mass is 9.95. The van der Waals surface area contributed by atoms with E-state index in [4.69, 9.17) is 16.3 Å². The van der Waals surface area contributed by atoms with E-state index in [0.717, 1.165) is 13.1 Å². The molecule has 1 aliphatic heterocycles. The number of aliphatic hydroxyl groups excluding tert-OH is 1. The molecule has 3 rings (SSSR count). The van der Waals surface area contributed by atoms with Gasteiger partial charge in [0, 0.05) is 23.7 Å². The normalized spacial score (nSPS) is 18.1. The summed E-state index contributed by atoms with van der Waals surface area (Å²) in [6, 6.07) is 13.1. The van der Waals surface area contributed by atoms with Gasteiger partial charge in [-0.25, -0.2) is 0 Å².